The van der Waals surface area contributed by atoms with Crippen LogP contribution in [0.3, 0.4) is 0 Å². The first kappa shape index (κ1) is 14.4. The first-order valence-corrected chi connectivity index (χ1v) is 6.88. The average molecular weight is 378 g/mol. The van der Waals surface area contributed by atoms with Gasteiger partial charge in [0.15, 0.2) is 5.58 Å². The van der Waals surface area contributed by atoms with E-state index in [0.29, 0.717) is 4.47 Å². The zero-order valence-corrected chi connectivity index (χ0v) is 12.4. The highest BCUT2D eigenvalue weighted by Crippen LogP contribution is 2.37. The molecule has 0 saturated heterocycles. The van der Waals surface area contributed by atoms with Gasteiger partial charge in [-0.2, -0.15) is 13.2 Å². The lowest BCUT2D eigenvalue weighted by atomic mass is 10.1. The zero-order chi connectivity index (χ0) is 15.4. The van der Waals surface area contributed by atoms with E-state index < -0.39 is 22.6 Å². The summed E-state index contributed by atoms with van der Waals surface area (Å²) in [6.45, 7) is 0. The number of hydrogen-bond acceptors (Lipinski definition) is 2. The van der Waals surface area contributed by atoms with Crippen molar-refractivity contribution in [3.63, 3.8) is 0 Å². The lowest BCUT2D eigenvalue weighted by molar-refractivity contribution is -0.136. The highest BCUT2D eigenvalue weighted by molar-refractivity contribution is 9.10. The molecule has 0 N–H and O–H groups in total. The van der Waals surface area contributed by atoms with Crippen LogP contribution in [0, 0.1) is 0 Å². The lowest BCUT2D eigenvalue weighted by Crippen LogP contribution is -2.12. The fourth-order valence-corrected chi connectivity index (χ4v) is 2.67. The van der Waals surface area contributed by atoms with E-state index >= 15 is 0 Å². The van der Waals surface area contributed by atoms with Crippen LogP contribution in [0.4, 0.5) is 13.2 Å². The molecule has 0 spiro atoms. The van der Waals surface area contributed by atoms with Crippen molar-refractivity contribution < 1.29 is 17.6 Å². The van der Waals surface area contributed by atoms with Gasteiger partial charge in [0.2, 0.25) is 5.43 Å². The minimum Gasteiger partial charge on any atom is -0.454 e. The molecular weight excluding hydrogens is 373 g/mol. The van der Waals surface area contributed by atoms with Gasteiger partial charge in [-0.3, -0.25) is 4.79 Å². The number of alkyl halides is 3. The summed E-state index contributed by atoms with van der Waals surface area (Å²) >= 11 is 9.09. The highest BCUT2D eigenvalue weighted by Gasteiger charge is 2.34. The smallest absolute Gasteiger partial charge is 0.417 e. The summed E-state index contributed by atoms with van der Waals surface area (Å²) < 4.78 is 45.2. The Hall–Kier alpha value is -1.53. The van der Waals surface area contributed by atoms with E-state index in [0.717, 1.165) is 12.1 Å². The third kappa shape index (κ3) is 2.32. The van der Waals surface area contributed by atoms with Crippen molar-refractivity contribution in [1.82, 2.24) is 0 Å². The summed E-state index contributed by atoms with van der Waals surface area (Å²) in [6.07, 6.45) is -4.67. The summed E-state index contributed by atoms with van der Waals surface area (Å²) in [5, 5.41) is -0.528. The third-order valence-corrected chi connectivity index (χ3v) is 3.83. The first-order chi connectivity index (χ1) is 9.79. The van der Waals surface area contributed by atoms with Crippen LogP contribution in [0.1, 0.15) is 5.56 Å². The minimum absolute atomic E-state index is 0.0445. The van der Waals surface area contributed by atoms with Gasteiger partial charge in [-0.25, -0.2) is 0 Å². The maximum Gasteiger partial charge on any atom is 0.417 e. The predicted molar refractivity (Wildman–Crippen MR) is 77.7 cm³/mol. The molecule has 3 rings (SSSR count). The Morgan fingerprint density at radius 2 is 1.86 bits per heavy atom. The molecule has 2 nitrogen and oxygen atoms in total. The Kier molecular flexibility index (Phi) is 3.26. The summed E-state index contributed by atoms with van der Waals surface area (Å²) in [6, 6.07) is 6.33. The third-order valence-electron chi connectivity index (χ3n) is 3.04. The first-order valence-electron chi connectivity index (χ1n) is 5.71. The minimum atomic E-state index is -4.67. The molecule has 0 aliphatic rings. The van der Waals surface area contributed by atoms with Crippen molar-refractivity contribution >= 4 is 49.5 Å². The molecule has 7 heteroatoms. The molecule has 108 valence electrons. The number of fused-ring (bicyclic) bond motifs is 2. The number of halogens is 5. The second kappa shape index (κ2) is 4.74. The van der Waals surface area contributed by atoms with Crippen molar-refractivity contribution in [2.45, 2.75) is 6.18 Å². The molecule has 0 radical (unpaired) electrons. The van der Waals surface area contributed by atoms with E-state index in [2.05, 4.69) is 15.9 Å². The van der Waals surface area contributed by atoms with Gasteiger partial charge < -0.3 is 4.42 Å². The quantitative estimate of drug-likeness (QED) is 0.492. The standard InChI is InChI=1S/C14H5BrClF3O2/c15-6-1-2-7-10(5-6)21-13-9(16)4-3-8(14(17,18)19)11(13)12(7)20/h1-5H. The predicted octanol–water partition coefficient (Wildman–Crippen LogP) is 5.38. The van der Waals surface area contributed by atoms with Crippen molar-refractivity contribution in [3.8, 4) is 0 Å². The maximum absolute atomic E-state index is 13.1. The highest BCUT2D eigenvalue weighted by atomic mass is 79.9. The van der Waals surface area contributed by atoms with Crippen LogP contribution in [0.15, 0.2) is 44.0 Å². The van der Waals surface area contributed by atoms with Gasteiger partial charge in [0.05, 0.1) is 21.4 Å². The SMILES string of the molecule is O=c1c2ccc(Br)cc2oc2c(Cl)ccc(C(F)(F)F)c12. The Morgan fingerprint density at radius 3 is 2.52 bits per heavy atom. The van der Waals surface area contributed by atoms with E-state index in [1.807, 2.05) is 0 Å². The molecule has 0 bridgehead atoms. The fourth-order valence-electron chi connectivity index (χ4n) is 2.13. The summed E-state index contributed by atoms with van der Waals surface area (Å²) in [5.74, 6) is 0. The molecule has 2 aromatic carbocycles. The normalized spacial score (nSPS) is 12.2. The molecular formula is C14H5BrClF3O2. The van der Waals surface area contributed by atoms with E-state index in [1.165, 1.54) is 12.1 Å². The lowest BCUT2D eigenvalue weighted by Gasteiger charge is -2.11. The summed E-state index contributed by atoms with van der Waals surface area (Å²) in [7, 11) is 0. The van der Waals surface area contributed by atoms with E-state index in [-0.39, 0.29) is 21.6 Å². The number of hydrogen-bond donors (Lipinski definition) is 0. The molecule has 0 fully saturated rings. The second-order valence-electron chi connectivity index (χ2n) is 4.37. The molecule has 0 atom stereocenters. The Morgan fingerprint density at radius 1 is 1.14 bits per heavy atom. The van der Waals surface area contributed by atoms with E-state index in [1.54, 1.807) is 6.07 Å². The van der Waals surface area contributed by atoms with E-state index in [4.69, 9.17) is 16.0 Å². The van der Waals surface area contributed by atoms with Gasteiger partial charge in [-0.05, 0) is 30.3 Å². The van der Waals surface area contributed by atoms with Crippen molar-refractivity contribution in [2.24, 2.45) is 0 Å². The molecule has 0 aliphatic carbocycles. The van der Waals surface area contributed by atoms with Gasteiger partial charge in [-0.1, -0.05) is 27.5 Å². The van der Waals surface area contributed by atoms with Gasteiger partial charge in [0, 0.05) is 4.47 Å². The van der Waals surface area contributed by atoms with Crippen molar-refractivity contribution in [2.75, 3.05) is 0 Å². The monoisotopic (exact) mass is 376 g/mol. The van der Waals surface area contributed by atoms with Crippen LogP contribution in [0.2, 0.25) is 5.02 Å². The summed E-state index contributed by atoms with van der Waals surface area (Å²) in [5.41, 5.74) is -1.90. The van der Waals surface area contributed by atoms with Gasteiger partial charge in [0.1, 0.15) is 5.58 Å². The topological polar surface area (TPSA) is 30.2 Å². The van der Waals surface area contributed by atoms with Gasteiger partial charge in [-0.15, -0.1) is 0 Å². The maximum atomic E-state index is 13.1. The molecule has 1 aromatic heterocycles. The Balaban J connectivity index is 2.60. The van der Waals surface area contributed by atoms with Crippen LogP contribution >= 0.6 is 27.5 Å². The molecule has 3 aromatic rings. The Labute approximate surface area is 129 Å². The van der Waals surface area contributed by atoms with Gasteiger partial charge >= 0.3 is 6.18 Å². The fraction of sp³-hybridized carbons (Fsp3) is 0.0714. The van der Waals surface area contributed by atoms with Crippen molar-refractivity contribution in [1.29, 1.82) is 0 Å². The van der Waals surface area contributed by atoms with Crippen LogP contribution in [-0.4, -0.2) is 0 Å². The van der Waals surface area contributed by atoms with Crippen molar-refractivity contribution in [3.05, 3.63) is 55.6 Å². The van der Waals surface area contributed by atoms with Crippen LogP contribution in [0.25, 0.3) is 21.9 Å². The Bertz CT molecular complexity index is 931. The molecule has 1 heterocycles. The zero-order valence-electron chi connectivity index (χ0n) is 10.1. The van der Waals surface area contributed by atoms with E-state index in [9.17, 15) is 18.0 Å². The largest absolute Gasteiger partial charge is 0.454 e. The second-order valence-corrected chi connectivity index (χ2v) is 5.69. The van der Waals surface area contributed by atoms with Crippen LogP contribution < -0.4 is 5.43 Å². The number of rotatable bonds is 0. The molecule has 0 unspecified atom stereocenters. The summed E-state index contributed by atoms with van der Waals surface area (Å²) in [4.78, 5) is 12.4. The molecule has 0 aliphatic heterocycles. The molecule has 21 heavy (non-hydrogen) atoms. The molecule has 0 amide bonds. The van der Waals surface area contributed by atoms with Gasteiger partial charge in [0.25, 0.3) is 0 Å². The average Bonchev–Trinajstić information content (AvgIpc) is 2.38. The molecule has 0 saturated carbocycles. The van der Waals surface area contributed by atoms with Crippen LogP contribution in [-0.2, 0) is 6.18 Å². The van der Waals surface area contributed by atoms with Crippen LogP contribution in [0.5, 0.6) is 0 Å². The number of benzene rings is 2.